The number of benzene rings is 2. The molecule has 5 aliphatic rings. The van der Waals surface area contributed by atoms with Gasteiger partial charge in [0.25, 0.3) is 0 Å². The van der Waals surface area contributed by atoms with E-state index in [1.165, 1.54) is 11.9 Å². The summed E-state index contributed by atoms with van der Waals surface area (Å²) in [7, 11) is 1.48. The highest BCUT2D eigenvalue weighted by Crippen LogP contribution is 2.58. The van der Waals surface area contributed by atoms with Gasteiger partial charge in [0.1, 0.15) is 11.5 Å². The first kappa shape index (κ1) is 19.9. The van der Waals surface area contributed by atoms with E-state index in [-0.39, 0.29) is 23.6 Å². The lowest BCUT2D eigenvalue weighted by atomic mass is 9.54. The van der Waals surface area contributed by atoms with E-state index in [0.29, 0.717) is 17.2 Å². The van der Waals surface area contributed by atoms with E-state index in [4.69, 9.17) is 4.74 Å². The number of likely N-dealkylation sites (tertiary alicyclic amines) is 1. The first-order valence-corrected chi connectivity index (χ1v) is 11.1. The zero-order valence-corrected chi connectivity index (χ0v) is 18.2. The number of hydrogen-bond acceptors (Lipinski definition) is 5. The van der Waals surface area contributed by atoms with Crippen LogP contribution in [0.2, 0.25) is 0 Å². The number of hydrogen-bond donors (Lipinski definition) is 0. The van der Waals surface area contributed by atoms with Crippen LogP contribution in [0.5, 0.6) is 11.5 Å². The number of allylic oxidation sites excluding steroid dienone is 2. The third kappa shape index (κ3) is 2.68. The highest BCUT2D eigenvalue weighted by molar-refractivity contribution is 6.23. The second kappa shape index (κ2) is 6.88. The Morgan fingerprint density at radius 2 is 1.24 bits per heavy atom. The van der Waals surface area contributed by atoms with Gasteiger partial charge in [-0.2, -0.15) is 0 Å². The van der Waals surface area contributed by atoms with Crippen molar-refractivity contribution in [3.63, 3.8) is 0 Å². The van der Waals surface area contributed by atoms with Crippen LogP contribution in [0.15, 0.2) is 60.7 Å². The number of imide groups is 2. The third-order valence-corrected chi connectivity index (χ3v) is 7.56. The Morgan fingerprint density at radius 3 is 1.82 bits per heavy atom. The summed E-state index contributed by atoms with van der Waals surface area (Å²) in [5, 5.41) is 0. The molecule has 2 aromatic carbocycles. The maximum atomic E-state index is 13.5. The van der Waals surface area contributed by atoms with Gasteiger partial charge in [0.15, 0.2) is 0 Å². The van der Waals surface area contributed by atoms with Gasteiger partial charge in [-0.1, -0.05) is 35.9 Å². The van der Waals surface area contributed by atoms with E-state index in [1.807, 2.05) is 43.3 Å². The Kier molecular flexibility index (Phi) is 4.15. The summed E-state index contributed by atoms with van der Waals surface area (Å²) in [5.41, 5.74) is 1.55. The van der Waals surface area contributed by atoms with Crippen LogP contribution in [0.25, 0.3) is 0 Å². The summed E-state index contributed by atoms with van der Waals surface area (Å²) in [6.45, 7) is 1.99. The van der Waals surface area contributed by atoms with Gasteiger partial charge in [-0.15, -0.1) is 0 Å². The molecule has 7 rings (SSSR count). The predicted molar refractivity (Wildman–Crippen MR) is 118 cm³/mol. The summed E-state index contributed by atoms with van der Waals surface area (Å²) in [5.74, 6) is -3.24. The van der Waals surface area contributed by atoms with E-state index in [9.17, 15) is 19.2 Å². The Hall–Kier alpha value is -3.74. The van der Waals surface area contributed by atoms with Crippen LogP contribution in [0.4, 0.5) is 5.69 Å². The summed E-state index contributed by atoms with van der Waals surface area (Å²) < 4.78 is 5.92. The average Bonchev–Trinajstić information content (AvgIpc) is 3.23. The van der Waals surface area contributed by atoms with Gasteiger partial charge in [-0.3, -0.25) is 24.1 Å². The van der Waals surface area contributed by atoms with Gasteiger partial charge in [0.2, 0.25) is 23.6 Å². The normalized spacial score (nSPS) is 31.9. The van der Waals surface area contributed by atoms with Gasteiger partial charge in [-0.25, -0.2) is 4.90 Å². The van der Waals surface area contributed by atoms with Crippen LogP contribution < -0.4 is 9.64 Å². The molecule has 2 aliphatic heterocycles. The number of carbonyl (C=O) groups excluding carboxylic acids is 4. The topological polar surface area (TPSA) is 84.0 Å². The molecule has 0 aromatic heterocycles. The Bertz CT molecular complexity index is 1200. The van der Waals surface area contributed by atoms with Crippen molar-refractivity contribution in [2.45, 2.75) is 6.92 Å². The summed E-state index contributed by atoms with van der Waals surface area (Å²) in [6, 6.07) is 14.5. The molecule has 0 spiro atoms. The fourth-order valence-electron chi connectivity index (χ4n) is 6.06. The number of rotatable bonds is 3. The highest BCUT2D eigenvalue weighted by Gasteiger charge is 2.68. The van der Waals surface area contributed by atoms with Crippen molar-refractivity contribution >= 4 is 29.3 Å². The molecule has 2 saturated heterocycles. The zero-order chi connectivity index (χ0) is 23.0. The van der Waals surface area contributed by atoms with Crippen LogP contribution in [-0.4, -0.2) is 35.6 Å². The maximum Gasteiger partial charge on any atom is 0.238 e. The molecule has 4 amide bonds. The largest absolute Gasteiger partial charge is 0.457 e. The lowest BCUT2D eigenvalue weighted by Gasteiger charge is -2.44. The number of carbonyl (C=O) groups is 4. The maximum absolute atomic E-state index is 13.5. The first-order chi connectivity index (χ1) is 15.9. The molecule has 0 N–H and O–H groups in total. The zero-order valence-electron chi connectivity index (χ0n) is 18.2. The van der Waals surface area contributed by atoms with Crippen molar-refractivity contribution < 1.29 is 23.9 Å². The quantitative estimate of drug-likeness (QED) is 0.539. The van der Waals surface area contributed by atoms with Crippen molar-refractivity contribution in [2.75, 3.05) is 11.9 Å². The number of aryl methyl sites for hydroxylation is 1. The predicted octanol–water partition coefficient (Wildman–Crippen LogP) is 2.94. The molecule has 6 unspecified atom stereocenters. The summed E-state index contributed by atoms with van der Waals surface area (Å²) >= 11 is 0. The third-order valence-electron chi connectivity index (χ3n) is 7.56. The van der Waals surface area contributed by atoms with Gasteiger partial charge in [0.05, 0.1) is 29.4 Å². The number of amides is 4. The molecule has 7 nitrogen and oxygen atoms in total. The van der Waals surface area contributed by atoms with Crippen LogP contribution in [0.1, 0.15) is 5.56 Å². The average molecular weight is 442 g/mol. The van der Waals surface area contributed by atoms with Gasteiger partial charge in [0, 0.05) is 24.9 Å². The SMILES string of the molecule is Cc1ccc(Oc2cccc(N3C(=O)C4C5C=CC(C6C(=O)N(C)C(=O)C56)C4C3=O)c2)cc1. The molecule has 0 radical (unpaired) electrons. The number of anilines is 1. The van der Waals surface area contributed by atoms with E-state index < -0.39 is 35.5 Å². The van der Waals surface area contributed by atoms with E-state index in [2.05, 4.69) is 0 Å². The molecule has 166 valence electrons. The van der Waals surface area contributed by atoms with Crippen molar-refractivity contribution in [2.24, 2.45) is 35.5 Å². The monoisotopic (exact) mass is 442 g/mol. The molecule has 6 atom stereocenters. The Labute approximate surface area is 190 Å². The lowest BCUT2D eigenvalue weighted by Crippen LogP contribution is -2.50. The fourth-order valence-corrected chi connectivity index (χ4v) is 6.06. The smallest absolute Gasteiger partial charge is 0.238 e. The van der Waals surface area contributed by atoms with Gasteiger partial charge in [-0.05, 0) is 31.2 Å². The molecular weight excluding hydrogens is 420 g/mol. The summed E-state index contributed by atoms with van der Waals surface area (Å²) in [6.07, 6.45) is 3.73. The van der Waals surface area contributed by atoms with E-state index in [0.717, 1.165) is 10.5 Å². The molecule has 2 bridgehead atoms. The van der Waals surface area contributed by atoms with E-state index >= 15 is 0 Å². The molecule has 2 heterocycles. The molecule has 3 fully saturated rings. The molecular formula is C26H22N2O5. The van der Waals surface area contributed by atoms with Crippen molar-refractivity contribution in [3.05, 3.63) is 66.2 Å². The fraction of sp³-hybridized carbons (Fsp3) is 0.308. The minimum Gasteiger partial charge on any atom is -0.457 e. The molecule has 7 heteroatoms. The molecule has 3 aliphatic carbocycles. The van der Waals surface area contributed by atoms with Crippen molar-refractivity contribution in [1.82, 2.24) is 4.90 Å². The first-order valence-electron chi connectivity index (χ1n) is 11.1. The summed E-state index contributed by atoms with van der Waals surface area (Å²) in [4.78, 5) is 54.9. The molecule has 33 heavy (non-hydrogen) atoms. The Morgan fingerprint density at radius 1 is 0.697 bits per heavy atom. The standard InChI is InChI=1S/C26H22N2O5/c1-13-6-8-15(9-7-13)33-16-5-3-4-14(12-16)28-25(31)21-17-10-11-18(22(21)26(28)32)20-19(17)23(29)27(2)24(20)30/h3-12,17-22H,1-2H3. The second-order valence-electron chi connectivity index (χ2n) is 9.30. The van der Waals surface area contributed by atoms with Crippen LogP contribution in [-0.2, 0) is 19.2 Å². The van der Waals surface area contributed by atoms with E-state index in [1.54, 1.807) is 24.3 Å². The second-order valence-corrected chi connectivity index (χ2v) is 9.30. The molecule has 1 saturated carbocycles. The van der Waals surface area contributed by atoms with Crippen molar-refractivity contribution in [1.29, 1.82) is 0 Å². The highest BCUT2D eigenvalue weighted by atomic mass is 16.5. The minimum atomic E-state index is -0.626. The van der Waals surface area contributed by atoms with Crippen molar-refractivity contribution in [3.8, 4) is 11.5 Å². The van der Waals surface area contributed by atoms with Crippen LogP contribution in [0.3, 0.4) is 0 Å². The lowest BCUT2D eigenvalue weighted by molar-refractivity contribution is -0.138. The van der Waals surface area contributed by atoms with Crippen LogP contribution >= 0.6 is 0 Å². The van der Waals surface area contributed by atoms with Crippen LogP contribution in [0, 0.1) is 42.4 Å². The number of nitrogens with zero attached hydrogens (tertiary/aromatic N) is 2. The van der Waals surface area contributed by atoms with Gasteiger partial charge < -0.3 is 4.74 Å². The molecule has 2 aromatic rings. The minimum absolute atomic E-state index is 0.255. The Balaban J connectivity index is 1.33. The number of ether oxygens (including phenoxy) is 1. The van der Waals surface area contributed by atoms with Gasteiger partial charge >= 0.3 is 0 Å².